The third kappa shape index (κ3) is 4.20. The molecule has 0 fully saturated rings. The summed E-state index contributed by atoms with van der Waals surface area (Å²) in [5.41, 5.74) is 2.85. The number of ether oxygens (including phenoxy) is 1. The fraction of sp³-hybridized carbons (Fsp3) is 0.375. The van der Waals surface area contributed by atoms with E-state index in [2.05, 4.69) is 23.7 Å². The van der Waals surface area contributed by atoms with Gasteiger partial charge in [0.05, 0.1) is 17.0 Å². The molecule has 0 unspecified atom stereocenters. The van der Waals surface area contributed by atoms with E-state index < -0.39 is 0 Å². The molecule has 4 rings (SSSR count). The van der Waals surface area contributed by atoms with Gasteiger partial charge in [-0.25, -0.2) is 9.97 Å². The summed E-state index contributed by atoms with van der Waals surface area (Å²) in [7, 11) is 0. The Labute approximate surface area is 192 Å². The van der Waals surface area contributed by atoms with Crippen LogP contribution in [-0.4, -0.2) is 58.0 Å². The van der Waals surface area contributed by atoms with Crippen molar-refractivity contribution in [3.8, 4) is 5.75 Å². The normalized spacial score (nSPS) is 11.5. The van der Waals surface area contributed by atoms with Gasteiger partial charge in [0.25, 0.3) is 5.91 Å². The van der Waals surface area contributed by atoms with Gasteiger partial charge in [-0.2, -0.15) is 0 Å². The lowest BCUT2D eigenvalue weighted by molar-refractivity contribution is 0.0977. The lowest BCUT2D eigenvalue weighted by Crippen LogP contribution is -2.39. The van der Waals surface area contributed by atoms with E-state index in [9.17, 15) is 4.79 Å². The summed E-state index contributed by atoms with van der Waals surface area (Å²) in [6.07, 6.45) is 1.89. The molecule has 0 spiro atoms. The largest absolute Gasteiger partial charge is 0.492 e. The number of carbonyl (C=O) groups excluding carboxylic acids is 1. The number of benzene rings is 1. The Hall–Kier alpha value is -2.97. The molecule has 0 aliphatic rings. The lowest BCUT2D eigenvalue weighted by Gasteiger charge is -2.24. The molecule has 3 heterocycles. The summed E-state index contributed by atoms with van der Waals surface area (Å²) in [5.74, 6) is 0.653. The van der Waals surface area contributed by atoms with E-state index in [0.717, 1.165) is 41.2 Å². The average molecular weight is 452 g/mol. The number of nitrogens with zero attached hydrogens (tertiary/aromatic N) is 5. The lowest BCUT2D eigenvalue weighted by atomic mass is 10.3. The predicted octanol–water partition coefficient (Wildman–Crippen LogP) is 4.64. The standard InChI is InChI=1S/C24H29N5O2S/c1-5-27(6-2)15-16-29(23(30)22-17(4)25-20-13-8-9-14-28(20)22)24-26-21-18(31-7-3)11-10-12-19(21)32-24/h8-14H,5-7,15-16H2,1-4H3. The predicted molar refractivity (Wildman–Crippen MR) is 130 cm³/mol. The molecule has 0 saturated heterocycles. The number of rotatable bonds is 9. The number of imidazole rings is 1. The monoisotopic (exact) mass is 451 g/mol. The summed E-state index contributed by atoms with van der Waals surface area (Å²) in [6.45, 7) is 11.9. The van der Waals surface area contributed by atoms with Crippen molar-refractivity contribution in [2.45, 2.75) is 27.7 Å². The number of hydrogen-bond acceptors (Lipinski definition) is 6. The molecule has 0 aliphatic carbocycles. The number of para-hydroxylation sites is 1. The van der Waals surface area contributed by atoms with Crippen molar-refractivity contribution in [1.82, 2.24) is 19.3 Å². The zero-order valence-corrected chi connectivity index (χ0v) is 19.9. The highest BCUT2D eigenvalue weighted by molar-refractivity contribution is 7.22. The van der Waals surface area contributed by atoms with E-state index >= 15 is 0 Å². The van der Waals surface area contributed by atoms with Crippen LogP contribution in [0.15, 0.2) is 42.6 Å². The Morgan fingerprint density at radius 1 is 1.06 bits per heavy atom. The maximum atomic E-state index is 13.9. The van der Waals surface area contributed by atoms with Crippen molar-refractivity contribution in [3.63, 3.8) is 0 Å². The summed E-state index contributed by atoms with van der Waals surface area (Å²) in [5, 5.41) is 0.676. The van der Waals surface area contributed by atoms with E-state index in [0.29, 0.717) is 29.7 Å². The van der Waals surface area contributed by atoms with Crippen LogP contribution >= 0.6 is 11.3 Å². The van der Waals surface area contributed by atoms with Crippen LogP contribution in [-0.2, 0) is 0 Å². The van der Waals surface area contributed by atoms with Gasteiger partial charge in [-0.3, -0.25) is 14.1 Å². The molecule has 7 nitrogen and oxygen atoms in total. The van der Waals surface area contributed by atoms with Gasteiger partial charge in [-0.15, -0.1) is 0 Å². The average Bonchev–Trinajstić information content (AvgIpc) is 3.37. The molecule has 1 amide bonds. The molecule has 8 heteroatoms. The molecule has 0 bridgehead atoms. The van der Waals surface area contributed by atoms with E-state index in [-0.39, 0.29) is 5.91 Å². The van der Waals surface area contributed by atoms with Gasteiger partial charge in [0.1, 0.15) is 22.6 Å². The number of anilines is 1. The zero-order chi connectivity index (χ0) is 22.7. The van der Waals surface area contributed by atoms with E-state index in [1.807, 2.05) is 60.8 Å². The highest BCUT2D eigenvalue weighted by atomic mass is 32.1. The number of thiazole rings is 1. The minimum absolute atomic E-state index is 0.0922. The van der Waals surface area contributed by atoms with E-state index in [1.165, 1.54) is 11.3 Å². The first-order valence-corrected chi connectivity index (χ1v) is 11.9. The Morgan fingerprint density at radius 3 is 2.62 bits per heavy atom. The molecular formula is C24H29N5O2S. The van der Waals surface area contributed by atoms with Gasteiger partial charge in [-0.1, -0.05) is 37.3 Å². The molecule has 1 aromatic carbocycles. The number of amides is 1. The van der Waals surface area contributed by atoms with Gasteiger partial charge in [0.2, 0.25) is 0 Å². The summed E-state index contributed by atoms with van der Waals surface area (Å²) in [6, 6.07) is 11.7. The van der Waals surface area contributed by atoms with Crippen molar-refractivity contribution < 1.29 is 9.53 Å². The van der Waals surface area contributed by atoms with Crippen LogP contribution < -0.4 is 9.64 Å². The minimum Gasteiger partial charge on any atom is -0.492 e. The second-order valence-electron chi connectivity index (χ2n) is 7.49. The number of carbonyl (C=O) groups is 1. The van der Waals surface area contributed by atoms with Gasteiger partial charge in [0.15, 0.2) is 5.13 Å². The summed E-state index contributed by atoms with van der Waals surface area (Å²) < 4.78 is 8.64. The maximum absolute atomic E-state index is 13.9. The van der Waals surface area contributed by atoms with Crippen molar-refractivity contribution in [1.29, 1.82) is 0 Å². The molecule has 4 aromatic rings. The van der Waals surface area contributed by atoms with Crippen LogP contribution in [0.2, 0.25) is 0 Å². The van der Waals surface area contributed by atoms with E-state index in [1.54, 1.807) is 4.90 Å². The molecule has 0 saturated carbocycles. The van der Waals surface area contributed by atoms with Crippen LogP contribution in [0.1, 0.15) is 37.0 Å². The highest BCUT2D eigenvalue weighted by Crippen LogP contribution is 2.35. The van der Waals surface area contributed by atoms with Crippen molar-refractivity contribution in [2.24, 2.45) is 0 Å². The first-order valence-electron chi connectivity index (χ1n) is 11.1. The Bertz CT molecular complexity index is 1230. The van der Waals surface area contributed by atoms with Crippen LogP contribution in [0.25, 0.3) is 15.9 Å². The first-order chi connectivity index (χ1) is 15.6. The number of aryl methyl sites for hydroxylation is 1. The Balaban J connectivity index is 1.78. The molecule has 0 atom stereocenters. The molecule has 0 aliphatic heterocycles. The quantitative estimate of drug-likeness (QED) is 0.371. The number of hydrogen-bond donors (Lipinski definition) is 0. The number of fused-ring (bicyclic) bond motifs is 2. The minimum atomic E-state index is -0.0922. The topological polar surface area (TPSA) is 63.0 Å². The number of likely N-dealkylation sites (N-methyl/N-ethyl adjacent to an activating group) is 1. The Kier molecular flexibility index (Phi) is 6.72. The second-order valence-corrected chi connectivity index (χ2v) is 8.50. The third-order valence-electron chi connectivity index (χ3n) is 5.59. The van der Waals surface area contributed by atoms with Crippen molar-refractivity contribution in [3.05, 3.63) is 54.0 Å². The molecule has 32 heavy (non-hydrogen) atoms. The molecule has 0 N–H and O–H groups in total. The van der Waals surface area contributed by atoms with Gasteiger partial charge >= 0.3 is 0 Å². The smallest absolute Gasteiger partial charge is 0.279 e. The summed E-state index contributed by atoms with van der Waals surface area (Å²) in [4.78, 5) is 27.4. The molecule has 168 valence electrons. The van der Waals surface area contributed by atoms with Gasteiger partial charge in [0, 0.05) is 19.3 Å². The van der Waals surface area contributed by atoms with Crippen molar-refractivity contribution in [2.75, 3.05) is 37.7 Å². The van der Waals surface area contributed by atoms with E-state index in [4.69, 9.17) is 9.72 Å². The number of aromatic nitrogens is 3. The number of pyridine rings is 1. The van der Waals surface area contributed by atoms with Crippen LogP contribution in [0.5, 0.6) is 5.75 Å². The second kappa shape index (κ2) is 9.67. The first kappa shape index (κ1) is 22.2. The fourth-order valence-corrected chi connectivity index (χ4v) is 4.87. The fourth-order valence-electron chi connectivity index (χ4n) is 3.86. The summed E-state index contributed by atoms with van der Waals surface area (Å²) >= 11 is 1.51. The zero-order valence-electron chi connectivity index (χ0n) is 19.0. The molecule has 0 radical (unpaired) electrons. The van der Waals surface area contributed by atoms with Crippen LogP contribution in [0, 0.1) is 6.92 Å². The molecule has 3 aromatic heterocycles. The van der Waals surface area contributed by atoms with Crippen LogP contribution in [0.4, 0.5) is 5.13 Å². The molecular weight excluding hydrogens is 422 g/mol. The highest BCUT2D eigenvalue weighted by Gasteiger charge is 2.27. The Morgan fingerprint density at radius 2 is 1.88 bits per heavy atom. The maximum Gasteiger partial charge on any atom is 0.279 e. The third-order valence-corrected chi connectivity index (χ3v) is 6.63. The van der Waals surface area contributed by atoms with Gasteiger partial charge in [-0.05, 0) is 51.2 Å². The van der Waals surface area contributed by atoms with Crippen LogP contribution in [0.3, 0.4) is 0 Å². The SMILES string of the molecule is CCOc1cccc2sc(N(CCN(CC)CC)C(=O)c3c(C)nc4ccccn34)nc12. The van der Waals surface area contributed by atoms with Crippen molar-refractivity contribution >= 4 is 38.2 Å². The van der Waals surface area contributed by atoms with Gasteiger partial charge < -0.3 is 9.64 Å².